The Kier molecular flexibility index (Phi) is 3.74. The maximum atomic E-state index is 4.30. The number of rotatable bonds is 4. The van der Waals surface area contributed by atoms with E-state index in [-0.39, 0.29) is 0 Å². The first kappa shape index (κ1) is 15.3. The second kappa shape index (κ2) is 6.37. The van der Waals surface area contributed by atoms with E-state index in [1.807, 2.05) is 6.07 Å². The number of fused-ring (bicyclic) bond motifs is 2. The van der Waals surface area contributed by atoms with Gasteiger partial charge in [0.25, 0.3) is 0 Å². The van der Waals surface area contributed by atoms with E-state index >= 15 is 0 Å². The highest BCUT2D eigenvalue weighted by Gasteiger charge is 2.37. The SMILES string of the molecule is c1cnc(-c2cc(Nc3ccc(N4CC5CCC4C5)cc3)ncn2)nc1. The summed E-state index contributed by atoms with van der Waals surface area (Å²) in [7, 11) is 0. The quantitative estimate of drug-likeness (QED) is 0.779. The van der Waals surface area contributed by atoms with Crippen LogP contribution < -0.4 is 10.2 Å². The third-order valence-electron chi connectivity index (χ3n) is 5.34. The zero-order valence-corrected chi connectivity index (χ0v) is 14.4. The number of benzene rings is 1. The second-order valence-electron chi connectivity index (χ2n) is 7.02. The molecule has 2 fully saturated rings. The lowest BCUT2D eigenvalue weighted by atomic mass is 10.1. The molecule has 0 radical (unpaired) electrons. The molecule has 5 rings (SSSR count). The van der Waals surface area contributed by atoms with Crippen LogP contribution in [-0.2, 0) is 0 Å². The lowest BCUT2D eigenvalue weighted by molar-refractivity contribution is 0.553. The van der Waals surface area contributed by atoms with Crippen molar-refractivity contribution in [3.8, 4) is 11.5 Å². The van der Waals surface area contributed by atoms with Crippen LogP contribution in [0.3, 0.4) is 0 Å². The van der Waals surface area contributed by atoms with Gasteiger partial charge in [0, 0.05) is 42.4 Å². The lowest BCUT2D eigenvalue weighted by Crippen LogP contribution is -2.31. The number of anilines is 3. The fraction of sp³-hybridized carbons (Fsp3) is 0.300. The number of nitrogens with zero attached hydrogens (tertiary/aromatic N) is 5. The van der Waals surface area contributed by atoms with Crippen LogP contribution in [-0.4, -0.2) is 32.5 Å². The van der Waals surface area contributed by atoms with Gasteiger partial charge in [-0.15, -0.1) is 0 Å². The van der Waals surface area contributed by atoms with E-state index in [2.05, 4.69) is 54.4 Å². The normalized spacial score (nSPS) is 21.2. The van der Waals surface area contributed by atoms with Gasteiger partial charge in [0.2, 0.25) is 0 Å². The summed E-state index contributed by atoms with van der Waals surface area (Å²) >= 11 is 0. The Hall–Kier alpha value is -3.02. The molecule has 130 valence electrons. The molecule has 1 aliphatic heterocycles. The van der Waals surface area contributed by atoms with Gasteiger partial charge in [0.05, 0.1) is 0 Å². The maximum Gasteiger partial charge on any atom is 0.178 e. The molecule has 2 aromatic heterocycles. The van der Waals surface area contributed by atoms with E-state index in [9.17, 15) is 0 Å². The van der Waals surface area contributed by atoms with E-state index in [0.29, 0.717) is 11.5 Å². The van der Waals surface area contributed by atoms with Gasteiger partial charge in [0.15, 0.2) is 5.82 Å². The van der Waals surface area contributed by atoms with Crippen LogP contribution in [0, 0.1) is 5.92 Å². The molecule has 6 heteroatoms. The van der Waals surface area contributed by atoms with Gasteiger partial charge in [-0.2, -0.15) is 0 Å². The molecule has 2 atom stereocenters. The van der Waals surface area contributed by atoms with Crippen molar-refractivity contribution < 1.29 is 0 Å². The van der Waals surface area contributed by atoms with Gasteiger partial charge >= 0.3 is 0 Å². The van der Waals surface area contributed by atoms with Crippen LogP contribution in [0.25, 0.3) is 11.5 Å². The maximum absolute atomic E-state index is 4.30. The highest BCUT2D eigenvalue weighted by molar-refractivity contribution is 5.64. The molecule has 1 saturated heterocycles. The number of aromatic nitrogens is 4. The monoisotopic (exact) mass is 344 g/mol. The minimum atomic E-state index is 0.595. The fourth-order valence-corrected chi connectivity index (χ4v) is 4.10. The largest absolute Gasteiger partial charge is 0.368 e. The van der Waals surface area contributed by atoms with Gasteiger partial charge in [-0.1, -0.05) is 0 Å². The molecule has 1 saturated carbocycles. The van der Waals surface area contributed by atoms with Crippen molar-refractivity contribution >= 4 is 17.2 Å². The standard InChI is InChI=1S/C20H20N6/c1-8-21-20(22-9-1)18-11-19(24-13-23-18)25-15-3-6-16(7-4-15)26-12-14-2-5-17(26)10-14/h1,3-4,6-9,11,13-14,17H,2,5,10,12H2,(H,23,24,25). The molecule has 26 heavy (non-hydrogen) atoms. The molecule has 6 nitrogen and oxygen atoms in total. The molecule has 2 unspecified atom stereocenters. The first-order valence-electron chi connectivity index (χ1n) is 9.08. The van der Waals surface area contributed by atoms with Crippen LogP contribution in [0.15, 0.2) is 55.1 Å². The summed E-state index contributed by atoms with van der Waals surface area (Å²) in [6.07, 6.45) is 9.06. The summed E-state index contributed by atoms with van der Waals surface area (Å²) in [6.45, 7) is 1.21. The molecule has 2 bridgehead atoms. The summed E-state index contributed by atoms with van der Waals surface area (Å²) in [5, 5.41) is 3.34. The van der Waals surface area contributed by atoms with Crippen LogP contribution in [0.4, 0.5) is 17.2 Å². The van der Waals surface area contributed by atoms with E-state index in [1.54, 1.807) is 18.5 Å². The number of hydrogen-bond donors (Lipinski definition) is 1. The smallest absolute Gasteiger partial charge is 0.178 e. The number of nitrogens with one attached hydrogen (secondary N) is 1. The van der Waals surface area contributed by atoms with Crippen molar-refractivity contribution in [3.63, 3.8) is 0 Å². The third kappa shape index (κ3) is 2.87. The number of piperidine rings is 1. The summed E-state index contributed by atoms with van der Waals surface area (Å²) in [5.41, 5.74) is 3.04. The molecule has 0 spiro atoms. The highest BCUT2D eigenvalue weighted by atomic mass is 15.2. The highest BCUT2D eigenvalue weighted by Crippen LogP contribution is 2.40. The molecular weight excluding hydrogens is 324 g/mol. The molecule has 3 heterocycles. The van der Waals surface area contributed by atoms with Crippen LogP contribution in [0.5, 0.6) is 0 Å². The topological polar surface area (TPSA) is 66.8 Å². The second-order valence-corrected chi connectivity index (χ2v) is 7.02. The van der Waals surface area contributed by atoms with Crippen LogP contribution >= 0.6 is 0 Å². The van der Waals surface area contributed by atoms with Crippen molar-refractivity contribution in [2.45, 2.75) is 25.3 Å². The van der Waals surface area contributed by atoms with E-state index in [0.717, 1.165) is 23.5 Å². The zero-order chi connectivity index (χ0) is 17.3. The molecule has 0 amide bonds. The van der Waals surface area contributed by atoms with E-state index in [4.69, 9.17) is 0 Å². The predicted octanol–water partition coefficient (Wildman–Crippen LogP) is 3.67. The van der Waals surface area contributed by atoms with E-state index in [1.165, 1.54) is 37.8 Å². The summed E-state index contributed by atoms with van der Waals surface area (Å²) in [5.74, 6) is 2.23. The summed E-state index contributed by atoms with van der Waals surface area (Å²) < 4.78 is 0. The van der Waals surface area contributed by atoms with Gasteiger partial charge in [-0.05, 0) is 55.5 Å². The molecule has 3 aromatic rings. The van der Waals surface area contributed by atoms with Gasteiger partial charge in [0.1, 0.15) is 17.8 Å². The summed E-state index contributed by atoms with van der Waals surface area (Å²) in [6, 6.07) is 13.0. The summed E-state index contributed by atoms with van der Waals surface area (Å²) in [4.78, 5) is 19.6. The van der Waals surface area contributed by atoms with Crippen LogP contribution in [0.2, 0.25) is 0 Å². The van der Waals surface area contributed by atoms with Gasteiger partial charge < -0.3 is 10.2 Å². The fourth-order valence-electron chi connectivity index (χ4n) is 4.10. The molecule has 1 aromatic carbocycles. The minimum Gasteiger partial charge on any atom is -0.368 e. The van der Waals surface area contributed by atoms with Gasteiger partial charge in [-0.25, -0.2) is 19.9 Å². The zero-order valence-electron chi connectivity index (χ0n) is 14.4. The predicted molar refractivity (Wildman–Crippen MR) is 101 cm³/mol. The first-order valence-corrected chi connectivity index (χ1v) is 9.08. The average molecular weight is 344 g/mol. The van der Waals surface area contributed by atoms with Crippen molar-refractivity contribution in [1.29, 1.82) is 0 Å². The Morgan fingerprint density at radius 1 is 0.962 bits per heavy atom. The Bertz CT molecular complexity index is 896. The molecular formula is C20H20N6. The van der Waals surface area contributed by atoms with Gasteiger partial charge in [-0.3, -0.25) is 0 Å². The van der Waals surface area contributed by atoms with E-state index < -0.39 is 0 Å². The number of hydrogen-bond acceptors (Lipinski definition) is 6. The van der Waals surface area contributed by atoms with Crippen molar-refractivity contribution in [2.75, 3.05) is 16.8 Å². The molecule has 2 aliphatic rings. The Morgan fingerprint density at radius 2 is 1.81 bits per heavy atom. The van der Waals surface area contributed by atoms with Crippen molar-refractivity contribution in [3.05, 3.63) is 55.1 Å². The van der Waals surface area contributed by atoms with Crippen molar-refractivity contribution in [2.24, 2.45) is 5.92 Å². The Labute approximate surface area is 152 Å². The minimum absolute atomic E-state index is 0.595. The third-order valence-corrected chi connectivity index (χ3v) is 5.34. The molecule has 1 N–H and O–H groups in total. The average Bonchev–Trinajstić information content (AvgIpc) is 3.33. The lowest BCUT2D eigenvalue weighted by Gasteiger charge is -2.29. The Morgan fingerprint density at radius 3 is 2.54 bits per heavy atom. The molecule has 1 aliphatic carbocycles. The first-order chi connectivity index (χ1) is 12.8. The Balaban J connectivity index is 1.32. The van der Waals surface area contributed by atoms with Crippen LogP contribution in [0.1, 0.15) is 19.3 Å². The van der Waals surface area contributed by atoms with Crippen molar-refractivity contribution in [1.82, 2.24) is 19.9 Å².